The number of sulfonamides is 2. The summed E-state index contributed by atoms with van der Waals surface area (Å²) in [7, 11) is -7.95. The van der Waals surface area contributed by atoms with Gasteiger partial charge in [-0.15, -0.1) is 0 Å². The number of halogens is 1. The molecule has 4 rings (SSSR count). The van der Waals surface area contributed by atoms with Crippen molar-refractivity contribution >= 4 is 54.6 Å². The Morgan fingerprint density at radius 1 is 0.744 bits per heavy atom. The van der Waals surface area contributed by atoms with Crippen LogP contribution in [0.15, 0.2) is 107 Å². The van der Waals surface area contributed by atoms with Gasteiger partial charge < -0.3 is 5.32 Å². The fraction of sp³-hybridized carbons (Fsp3) is 0.107. The minimum absolute atomic E-state index is 0.00550. The second-order valence-corrected chi connectivity index (χ2v) is 12.8. The van der Waals surface area contributed by atoms with Gasteiger partial charge in [-0.25, -0.2) is 16.8 Å². The molecule has 0 radical (unpaired) electrons. The van der Waals surface area contributed by atoms with E-state index < -0.39 is 32.5 Å². The smallest absolute Gasteiger partial charge is 0.264 e. The zero-order valence-electron chi connectivity index (χ0n) is 21.1. The third-order valence-corrected chi connectivity index (χ3v) is 9.34. The molecule has 202 valence electrons. The molecule has 4 aromatic carbocycles. The standard InChI is InChI=1S/C28H26ClN3O5S2/c1-20-11-12-24(17-21(20)2)31-38(34,35)26-15-13-23(14-16-26)30-28(33)19-32(25-8-6-7-22(29)18-25)39(36,37)27-9-4-3-5-10-27/h3-18,31H,19H2,1-2H3,(H,30,33). The molecule has 0 aliphatic rings. The van der Waals surface area contributed by atoms with E-state index in [-0.39, 0.29) is 15.5 Å². The van der Waals surface area contributed by atoms with E-state index in [2.05, 4.69) is 10.0 Å². The Morgan fingerprint density at radius 3 is 2.05 bits per heavy atom. The van der Waals surface area contributed by atoms with Crippen molar-refractivity contribution in [2.75, 3.05) is 20.9 Å². The zero-order valence-corrected chi connectivity index (χ0v) is 23.5. The number of carbonyl (C=O) groups is 1. The SMILES string of the molecule is Cc1ccc(NS(=O)(=O)c2ccc(NC(=O)CN(c3cccc(Cl)c3)S(=O)(=O)c3ccccc3)cc2)cc1C. The van der Waals surface area contributed by atoms with Crippen LogP contribution in [0.25, 0.3) is 0 Å². The van der Waals surface area contributed by atoms with E-state index in [1.807, 2.05) is 19.9 Å². The minimum atomic E-state index is -4.09. The Morgan fingerprint density at radius 2 is 1.41 bits per heavy atom. The number of hydrogen-bond acceptors (Lipinski definition) is 5. The van der Waals surface area contributed by atoms with E-state index in [0.717, 1.165) is 15.4 Å². The fourth-order valence-electron chi connectivity index (χ4n) is 3.73. The van der Waals surface area contributed by atoms with Crippen LogP contribution in [-0.4, -0.2) is 29.3 Å². The maximum atomic E-state index is 13.4. The molecule has 4 aromatic rings. The van der Waals surface area contributed by atoms with Crippen LogP contribution in [0.3, 0.4) is 0 Å². The largest absolute Gasteiger partial charge is 0.325 e. The molecular formula is C28H26ClN3O5S2. The Hall–Kier alpha value is -3.86. The lowest BCUT2D eigenvalue weighted by atomic mass is 10.1. The highest BCUT2D eigenvalue weighted by atomic mass is 35.5. The van der Waals surface area contributed by atoms with Gasteiger partial charge in [0.05, 0.1) is 15.5 Å². The highest BCUT2D eigenvalue weighted by Crippen LogP contribution is 2.26. The number of aryl methyl sites for hydroxylation is 2. The second kappa shape index (κ2) is 11.5. The molecule has 1 amide bonds. The Kier molecular flexibility index (Phi) is 8.29. The van der Waals surface area contributed by atoms with Crippen molar-refractivity contribution in [2.45, 2.75) is 23.6 Å². The summed E-state index contributed by atoms with van der Waals surface area (Å²) in [6.45, 7) is 3.29. The number of carbonyl (C=O) groups excluding carboxylic acids is 1. The predicted molar refractivity (Wildman–Crippen MR) is 154 cm³/mol. The first-order valence-electron chi connectivity index (χ1n) is 11.8. The predicted octanol–water partition coefficient (Wildman–Crippen LogP) is 5.59. The first-order valence-corrected chi connectivity index (χ1v) is 15.1. The molecule has 0 saturated carbocycles. The lowest BCUT2D eigenvalue weighted by Crippen LogP contribution is -2.38. The van der Waals surface area contributed by atoms with Crippen molar-refractivity contribution in [3.8, 4) is 0 Å². The van der Waals surface area contributed by atoms with Gasteiger partial charge in [-0.2, -0.15) is 0 Å². The summed E-state index contributed by atoms with van der Waals surface area (Å²) in [6, 6.07) is 24.8. The third-order valence-electron chi connectivity index (χ3n) is 5.92. The van der Waals surface area contributed by atoms with Crippen molar-refractivity contribution in [3.63, 3.8) is 0 Å². The van der Waals surface area contributed by atoms with E-state index in [4.69, 9.17) is 11.6 Å². The fourth-order valence-corrected chi connectivity index (χ4v) is 6.40. The van der Waals surface area contributed by atoms with Crippen molar-refractivity contribution in [1.29, 1.82) is 0 Å². The number of benzene rings is 4. The molecule has 0 bridgehead atoms. The average molecular weight is 584 g/mol. The van der Waals surface area contributed by atoms with Gasteiger partial charge in [0.1, 0.15) is 6.54 Å². The van der Waals surface area contributed by atoms with Gasteiger partial charge in [0.2, 0.25) is 5.91 Å². The van der Waals surface area contributed by atoms with Crippen LogP contribution in [0.2, 0.25) is 5.02 Å². The summed E-state index contributed by atoms with van der Waals surface area (Å²) in [5.74, 6) is -0.627. The molecule has 0 saturated heterocycles. The highest BCUT2D eigenvalue weighted by Gasteiger charge is 2.27. The molecule has 8 nitrogen and oxygen atoms in total. The summed E-state index contributed by atoms with van der Waals surface area (Å²) in [4.78, 5) is 13.0. The van der Waals surface area contributed by atoms with E-state index >= 15 is 0 Å². The lowest BCUT2D eigenvalue weighted by molar-refractivity contribution is -0.114. The first kappa shape index (κ1) is 28.2. The molecule has 0 atom stereocenters. The van der Waals surface area contributed by atoms with Gasteiger partial charge in [-0.3, -0.25) is 13.8 Å². The highest BCUT2D eigenvalue weighted by molar-refractivity contribution is 7.93. The quantitative estimate of drug-likeness (QED) is 0.267. The summed E-state index contributed by atoms with van der Waals surface area (Å²) < 4.78 is 56.0. The normalized spacial score (nSPS) is 11.6. The molecule has 0 aliphatic heterocycles. The van der Waals surface area contributed by atoms with Crippen LogP contribution >= 0.6 is 11.6 Å². The van der Waals surface area contributed by atoms with Crippen LogP contribution in [0.1, 0.15) is 11.1 Å². The number of nitrogens with one attached hydrogen (secondary N) is 2. The van der Waals surface area contributed by atoms with Gasteiger partial charge >= 0.3 is 0 Å². The van der Waals surface area contributed by atoms with Crippen molar-refractivity contribution < 1.29 is 21.6 Å². The Labute approximate surface area is 233 Å². The average Bonchev–Trinajstić information content (AvgIpc) is 2.90. The van der Waals surface area contributed by atoms with Crippen molar-refractivity contribution in [1.82, 2.24) is 0 Å². The number of amides is 1. The summed E-state index contributed by atoms with van der Waals surface area (Å²) >= 11 is 6.09. The van der Waals surface area contributed by atoms with E-state index in [1.54, 1.807) is 48.5 Å². The van der Waals surface area contributed by atoms with Crippen molar-refractivity contribution in [3.05, 3.63) is 113 Å². The molecule has 0 fully saturated rings. The molecule has 2 N–H and O–H groups in total. The molecule has 0 aliphatic carbocycles. The molecule has 0 unspecified atom stereocenters. The van der Waals surface area contributed by atoms with Crippen molar-refractivity contribution in [2.24, 2.45) is 0 Å². The van der Waals surface area contributed by atoms with E-state index in [9.17, 15) is 21.6 Å². The van der Waals surface area contributed by atoms with Gasteiger partial charge in [0.15, 0.2) is 0 Å². The maximum Gasteiger partial charge on any atom is 0.264 e. The van der Waals surface area contributed by atoms with Crippen LogP contribution in [-0.2, 0) is 24.8 Å². The molecule has 0 heterocycles. The minimum Gasteiger partial charge on any atom is -0.325 e. The lowest BCUT2D eigenvalue weighted by Gasteiger charge is -2.24. The zero-order chi connectivity index (χ0) is 28.2. The summed E-state index contributed by atoms with van der Waals surface area (Å²) in [5.41, 5.74) is 2.96. The summed E-state index contributed by atoms with van der Waals surface area (Å²) in [6.07, 6.45) is 0. The maximum absolute atomic E-state index is 13.4. The topological polar surface area (TPSA) is 113 Å². The molecule has 11 heteroatoms. The number of rotatable bonds is 9. The van der Waals surface area contributed by atoms with Gasteiger partial charge in [-0.1, -0.05) is 41.9 Å². The Bertz CT molecular complexity index is 1710. The first-order chi connectivity index (χ1) is 18.5. The number of anilines is 3. The number of nitrogens with zero attached hydrogens (tertiary/aromatic N) is 1. The molecule has 39 heavy (non-hydrogen) atoms. The Balaban J connectivity index is 1.52. The molecule has 0 aromatic heterocycles. The molecular weight excluding hydrogens is 558 g/mol. The van der Waals surface area contributed by atoms with E-state index in [0.29, 0.717) is 16.4 Å². The number of hydrogen-bond donors (Lipinski definition) is 2. The van der Waals surface area contributed by atoms with Gasteiger partial charge in [0.25, 0.3) is 20.0 Å². The van der Waals surface area contributed by atoms with E-state index in [1.165, 1.54) is 42.5 Å². The summed E-state index contributed by atoms with van der Waals surface area (Å²) in [5, 5.41) is 2.94. The molecule has 0 spiro atoms. The van der Waals surface area contributed by atoms with Gasteiger partial charge in [-0.05, 0) is 91.7 Å². The second-order valence-electron chi connectivity index (χ2n) is 8.78. The van der Waals surface area contributed by atoms with Crippen LogP contribution < -0.4 is 14.3 Å². The monoisotopic (exact) mass is 583 g/mol. The van der Waals surface area contributed by atoms with Crippen LogP contribution in [0, 0.1) is 13.8 Å². The third kappa shape index (κ3) is 6.78. The van der Waals surface area contributed by atoms with Gasteiger partial charge in [0, 0.05) is 16.4 Å². The van der Waals surface area contributed by atoms with Crippen LogP contribution in [0.4, 0.5) is 17.1 Å². The van der Waals surface area contributed by atoms with Crippen LogP contribution in [0.5, 0.6) is 0 Å².